The van der Waals surface area contributed by atoms with Crippen molar-refractivity contribution in [3.05, 3.63) is 0 Å². The molecule has 2 rings (SSSR count). The highest BCUT2D eigenvalue weighted by Crippen LogP contribution is 2.43. The minimum Gasteiger partial charge on any atom is -0.370 e. The van der Waals surface area contributed by atoms with Gasteiger partial charge in [-0.25, -0.2) is 13.1 Å². The molecule has 1 saturated heterocycles. The summed E-state index contributed by atoms with van der Waals surface area (Å²) in [7, 11) is -3.04. The van der Waals surface area contributed by atoms with E-state index in [4.69, 9.17) is 4.74 Å². The van der Waals surface area contributed by atoms with Crippen LogP contribution in [-0.2, 0) is 14.8 Å². The molecule has 0 aromatic rings. The average molecular weight is 290 g/mol. The molecule has 1 saturated carbocycles. The van der Waals surface area contributed by atoms with E-state index in [1.54, 1.807) is 0 Å². The number of hydrogen-bond acceptors (Lipinski definition) is 4. The van der Waals surface area contributed by atoms with Crippen LogP contribution in [0.4, 0.5) is 0 Å². The largest absolute Gasteiger partial charge is 0.370 e. The monoisotopic (exact) mass is 290 g/mol. The van der Waals surface area contributed by atoms with Crippen molar-refractivity contribution >= 4 is 10.0 Å². The fourth-order valence-electron chi connectivity index (χ4n) is 3.16. The van der Waals surface area contributed by atoms with E-state index >= 15 is 0 Å². The number of sulfonamides is 1. The number of nitrogens with one attached hydrogen (secondary N) is 2. The van der Waals surface area contributed by atoms with Gasteiger partial charge in [0.15, 0.2) is 0 Å². The van der Waals surface area contributed by atoms with Crippen LogP contribution < -0.4 is 10.0 Å². The maximum absolute atomic E-state index is 10.9. The summed E-state index contributed by atoms with van der Waals surface area (Å²) in [4.78, 5) is 0. The van der Waals surface area contributed by atoms with Crippen molar-refractivity contribution in [2.45, 2.75) is 56.7 Å². The smallest absolute Gasteiger partial charge is 0.208 e. The Morgan fingerprint density at radius 2 is 1.95 bits per heavy atom. The SMILES string of the molecule is CS(=O)(=O)NCCCNCC1CCC2(CCCC2)O1. The van der Waals surface area contributed by atoms with E-state index in [1.807, 2.05) is 0 Å². The summed E-state index contributed by atoms with van der Waals surface area (Å²) >= 11 is 0. The van der Waals surface area contributed by atoms with Gasteiger partial charge in [0.1, 0.15) is 0 Å². The van der Waals surface area contributed by atoms with Gasteiger partial charge in [0.25, 0.3) is 0 Å². The molecule has 6 heteroatoms. The van der Waals surface area contributed by atoms with Crippen molar-refractivity contribution < 1.29 is 13.2 Å². The standard InChI is InChI=1S/C13H26N2O3S/c1-19(16,17)15-10-4-9-14-11-12-5-8-13(18-12)6-2-3-7-13/h12,14-15H,2-11H2,1H3. The molecule has 2 aliphatic rings. The van der Waals surface area contributed by atoms with E-state index < -0.39 is 10.0 Å². The average Bonchev–Trinajstić information content (AvgIpc) is 2.94. The van der Waals surface area contributed by atoms with E-state index in [0.29, 0.717) is 12.6 Å². The highest BCUT2D eigenvalue weighted by atomic mass is 32.2. The molecule has 0 amide bonds. The molecule has 0 bridgehead atoms. The van der Waals surface area contributed by atoms with E-state index in [2.05, 4.69) is 10.0 Å². The minimum atomic E-state index is -3.04. The summed E-state index contributed by atoms with van der Waals surface area (Å²) in [6.45, 7) is 2.22. The van der Waals surface area contributed by atoms with Crippen molar-refractivity contribution in [1.29, 1.82) is 0 Å². The Hall–Kier alpha value is -0.170. The summed E-state index contributed by atoms with van der Waals surface area (Å²) in [5.41, 5.74) is 0.212. The van der Waals surface area contributed by atoms with Crippen molar-refractivity contribution in [1.82, 2.24) is 10.0 Å². The van der Waals surface area contributed by atoms with Crippen LogP contribution in [0.1, 0.15) is 44.9 Å². The number of rotatable bonds is 7. The molecule has 19 heavy (non-hydrogen) atoms. The second-order valence-corrected chi connectivity index (χ2v) is 7.73. The molecular formula is C13H26N2O3S. The predicted octanol–water partition coefficient (Wildman–Crippen LogP) is 1.01. The van der Waals surface area contributed by atoms with Crippen molar-refractivity contribution in [2.75, 3.05) is 25.9 Å². The highest BCUT2D eigenvalue weighted by molar-refractivity contribution is 7.88. The Morgan fingerprint density at radius 1 is 1.21 bits per heavy atom. The molecule has 1 aliphatic carbocycles. The van der Waals surface area contributed by atoms with Gasteiger partial charge in [0.05, 0.1) is 18.0 Å². The molecule has 0 aromatic carbocycles. The molecule has 1 unspecified atom stereocenters. The van der Waals surface area contributed by atoms with Gasteiger partial charge in [-0.05, 0) is 38.6 Å². The first kappa shape index (κ1) is 15.2. The van der Waals surface area contributed by atoms with Gasteiger partial charge in [0, 0.05) is 13.1 Å². The highest BCUT2D eigenvalue weighted by Gasteiger charge is 2.41. The lowest BCUT2D eigenvalue weighted by Gasteiger charge is -2.23. The van der Waals surface area contributed by atoms with Crippen LogP contribution in [0.25, 0.3) is 0 Å². The molecule has 2 N–H and O–H groups in total. The van der Waals surface area contributed by atoms with Gasteiger partial charge >= 0.3 is 0 Å². The third-order valence-corrected chi connectivity index (χ3v) is 4.85. The fraction of sp³-hybridized carbons (Fsp3) is 1.00. The third-order valence-electron chi connectivity index (χ3n) is 4.12. The van der Waals surface area contributed by atoms with Crippen LogP contribution in [0.3, 0.4) is 0 Å². The molecular weight excluding hydrogens is 264 g/mol. The van der Waals surface area contributed by atoms with Crippen LogP contribution in [0.15, 0.2) is 0 Å². The fourth-order valence-corrected chi connectivity index (χ4v) is 3.68. The molecule has 1 atom stereocenters. The molecule has 5 nitrogen and oxygen atoms in total. The molecule has 0 radical (unpaired) electrons. The van der Waals surface area contributed by atoms with Crippen molar-refractivity contribution in [2.24, 2.45) is 0 Å². The van der Waals surface area contributed by atoms with Gasteiger partial charge in [-0.1, -0.05) is 12.8 Å². The van der Waals surface area contributed by atoms with Crippen LogP contribution >= 0.6 is 0 Å². The second-order valence-electron chi connectivity index (χ2n) is 5.89. The Bertz CT molecular complexity index is 377. The minimum absolute atomic E-state index is 0.212. The summed E-state index contributed by atoms with van der Waals surface area (Å²) in [5.74, 6) is 0. The summed E-state index contributed by atoms with van der Waals surface area (Å²) in [6.07, 6.45) is 9.83. The molecule has 2 fully saturated rings. The van der Waals surface area contributed by atoms with Gasteiger partial charge in [0.2, 0.25) is 10.0 Å². The normalized spacial score (nSPS) is 26.3. The van der Waals surface area contributed by atoms with Crippen molar-refractivity contribution in [3.8, 4) is 0 Å². The Balaban J connectivity index is 1.53. The first-order chi connectivity index (χ1) is 8.99. The van der Waals surface area contributed by atoms with Gasteiger partial charge in [-0.15, -0.1) is 0 Å². The summed E-state index contributed by atoms with van der Waals surface area (Å²) in [6, 6.07) is 0. The maximum atomic E-state index is 10.9. The van der Waals surface area contributed by atoms with Crippen molar-refractivity contribution in [3.63, 3.8) is 0 Å². The third kappa shape index (κ3) is 5.02. The Labute approximate surface area is 116 Å². The van der Waals surface area contributed by atoms with E-state index in [0.717, 1.165) is 25.9 Å². The van der Waals surface area contributed by atoms with Gasteiger partial charge in [-0.3, -0.25) is 0 Å². The molecule has 1 aliphatic heterocycles. The zero-order chi connectivity index (χ0) is 13.8. The molecule has 1 heterocycles. The molecule has 1 spiro atoms. The van der Waals surface area contributed by atoms with Crippen LogP contribution in [0, 0.1) is 0 Å². The zero-order valence-electron chi connectivity index (χ0n) is 11.8. The second kappa shape index (κ2) is 6.52. The Morgan fingerprint density at radius 3 is 2.63 bits per heavy atom. The van der Waals surface area contributed by atoms with E-state index in [1.165, 1.54) is 38.4 Å². The summed E-state index contributed by atoms with van der Waals surface area (Å²) in [5, 5.41) is 3.36. The van der Waals surface area contributed by atoms with Gasteiger partial charge in [-0.2, -0.15) is 0 Å². The first-order valence-corrected chi connectivity index (χ1v) is 9.21. The van der Waals surface area contributed by atoms with Crippen LogP contribution in [0.5, 0.6) is 0 Å². The van der Waals surface area contributed by atoms with Crippen LogP contribution in [-0.4, -0.2) is 46.0 Å². The quantitative estimate of drug-likeness (QED) is 0.687. The van der Waals surface area contributed by atoms with Crippen LogP contribution in [0.2, 0.25) is 0 Å². The zero-order valence-corrected chi connectivity index (χ0v) is 12.6. The topological polar surface area (TPSA) is 67.4 Å². The van der Waals surface area contributed by atoms with E-state index in [9.17, 15) is 8.42 Å². The maximum Gasteiger partial charge on any atom is 0.208 e. The lowest BCUT2D eigenvalue weighted by atomic mass is 9.98. The number of hydrogen-bond donors (Lipinski definition) is 2. The predicted molar refractivity (Wildman–Crippen MR) is 75.6 cm³/mol. The molecule has 0 aromatic heterocycles. The summed E-state index contributed by atoms with van der Waals surface area (Å²) < 4.78 is 30.4. The van der Waals surface area contributed by atoms with Gasteiger partial charge < -0.3 is 10.1 Å². The Kier molecular flexibility index (Phi) is 5.22. The lowest BCUT2D eigenvalue weighted by Crippen LogP contribution is -2.32. The lowest BCUT2D eigenvalue weighted by molar-refractivity contribution is -0.0350. The number of ether oxygens (including phenoxy) is 1. The molecule has 112 valence electrons. The first-order valence-electron chi connectivity index (χ1n) is 7.32. The van der Waals surface area contributed by atoms with E-state index in [-0.39, 0.29) is 5.60 Å².